The molecule has 2 rings (SSSR count). The molecule has 0 aromatic rings. The molecule has 1 spiro atoms. The SMILES string of the molecule is OP1OCC2(CCCCC2)CO1. The Balaban J connectivity index is 1.92. The largest absolute Gasteiger partial charge is 0.329 e. The van der Waals surface area contributed by atoms with Crippen molar-refractivity contribution in [2.24, 2.45) is 5.41 Å². The zero-order valence-electron chi connectivity index (χ0n) is 7.16. The fourth-order valence-corrected chi connectivity index (χ4v) is 2.90. The summed E-state index contributed by atoms with van der Waals surface area (Å²) in [7, 11) is -1.54. The first-order chi connectivity index (χ1) is 5.81. The Labute approximate surface area is 74.1 Å². The van der Waals surface area contributed by atoms with E-state index < -0.39 is 8.60 Å². The first-order valence-corrected chi connectivity index (χ1v) is 5.69. The molecule has 1 aliphatic heterocycles. The molecule has 0 amide bonds. The van der Waals surface area contributed by atoms with Gasteiger partial charge in [0, 0.05) is 5.41 Å². The minimum Gasteiger partial charge on any atom is -0.328 e. The van der Waals surface area contributed by atoms with E-state index >= 15 is 0 Å². The highest BCUT2D eigenvalue weighted by molar-refractivity contribution is 7.40. The molecule has 1 heterocycles. The molecule has 12 heavy (non-hydrogen) atoms. The molecule has 3 nitrogen and oxygen atoms in total. The highest BCUT2D eigenvalue weighted by Crippen LogP contribution is 2.48. The van der Waals surface area contributed by atoms with Crippen LogP contribution in [0.4, 0.5) is 0 Å². The van der Waals surface area contributed by atoms with Gasteiger partial charge >= 0.3 is 8.60 Å². The molecule has 2 fully saturated rings. The van der Waals surface area contributed by atoms with Crippen molar-refractivity contribution in [2.75, 3.05) is 13.2 Å². The van der Waals surface area contributed by atoms with Gasteiger partial charge in [-0.2, -0.15) is 0 Å². The van der Waals surface area contributed by atoms with Crippen molar-refractivity contribution in [3.8, 4) is 0 Å². The van der Waals surface area contributed by atoms with Crippen LogP contribution < -0.4 is 0 Å². The summed E-state index contributed by atoms with van der Waals surface area (Å²) in [5, 5.41) is 0. The van der Waals surface area contributed by atoms with Crippen LogP contribution in [0.1, 0.15) is 32.1 Å². The summed E-state index contributed by atoms with van der Waals surface area (Å²) in [5.41, 5.74) is 0.250. The van der Waals surface area contributed by atoms with E-state index in [0.717, 1.165) is 0 Å². The summed E-state index contributed by atoms with van der Waals surface area (Å²) in [6.07, 6.45) is 6.33. The molecule has 70 valence electrons. The van der Waals surface area contributed by atoms with Gasteiger partial charge in [-0.15, -0.1) is 0 Å². The molecule has 4 heteroatoms. The van der Waals surface area contributed by atoms with Gasteiger partial charge < -0.3 is 13.9 Å². The maximum Gasteiger partial charge on any atom is 0.329 e. The second-order valence-electron chi connectivity index (χ2n) is 3.85. The third-order valence-corrected chi connectivity index (χ3v) is 3.58. The maximum atomic E-state index is 9.04. The highest BCUT2D eigenvalue weighted by atomic mass is 31.2. The van der Waals surface area contributed by atoms with Crippen LogP contribution in [0, 0.1) is 5.41 Å². The average Bonchev–Trinajstić information content (AvgIpc) is 2.13. The molecular formula is C8H15O3P. The van der Waals surface area contributed by atoms with Crippen molar-refractivity contribution in [1.82, 2.24) is 0 Å². The molecule has 1 saturated heterocycles. The van der Waals surface area contributed by atoms with Gasteiger partial charge in [-0.3, -0.25) is 0 Å². The Hall–Kier alpha value is 0.310. The van der Waals surface area contributed by atoms with E-state index in [2.05, 4.69) is 0 Å². The van der Waals surface area contributed by atoms with Crippen LogP contribution in [0.15, 0.2) is 0 Å². The minimum absolute atomic E-state index is 0.250. The normalized spacial score (nSPS) is 30.8. The Morgan fingerprint density at radius 3 is 2.17 bits per heavy atom. The van der Waals surface area contributed by atoms with Crippen molar-refractivity contribution < 1.29 is 13.9 Å². The lowest BCUT2D eigenvalue weighted by molar-refractivity contribution is -0.00854. The van der Waals surface area contributed by atoms with Crippen molar-refractivity contribution in [2.45, 2.75) is 32.1 Å². The molecule has 0 aromatic heterocycles. The summed E-state index contributed by atoms with van der Waals surface area (Å²) >= 11 is 0. The van der Waals surface area contributed by atoms with Gasteiger partial charge in [0.1, 0.15) is 0 Å². The predicted octanol–water partition coefficient (Wildman–Crippen LogP) is 2.20. The van der Waals surface area contributed by atoms with E-state index in [0.29, 0.717) is 13.2 Å². The van der Waals surface area contributed by atoms with Gasteiger partial charge in [-0.1, -0.05) is 19.3 Å². The molecule has 0 bridgehead atoms. The van der Waals surface area contributed by atoms with E-state index in [-0.39, 0.29) is 5.41 Å². The van der Waals surface area contributed by atoms with Gasteiger partial charge in [0.05, 0.1) is 13.2 Å². The lowest BCUT2D eigenvalue weighted by Crippen LogP contribution is -2.36. The summed E-state index contributed by atoms with van der Waals surface area (Å²) in [5.74, 6) is 0. The quantitative estimate of drug-likeness (QED) is 0.595. The predicted molar refractivity (Wildman–Crippen MR) is 46.6 cm³/mol. The van der Waals surface area contributed by atoms with Gasteiger partial charge in [0.15, 0.2) is 0 Å². The van der Waals surface area contributed by atoms with Crippen molar-refractivity contribution in [3.05, 3.63) is 0 Å². The van der Waals surface area contributed by atoms with E-state index in [1.165, 1.54) is 32.1 Å². The van der Waals surface area contributed by atoms with Gasteiger partial charge in [0.2, 0.25) is 0 Å². The average molecular weight is 190 g/mol. The van der Waals surface area contributed by atoms with Crippen LogP contribution in [0.3, 0.4) is 0 Å². The molecule has 0 unspecified atom stereocenters. The zero-order chi connectivity index (χ0) is 8.44. The molecule has 0 radical (unpaired) electrons. The van der Waals surface area contributed by atoms with Gasteiger partial charge in [-0.25, -0.2) is 0 Å². The Morgan fingerprint density at radius 1 is 1.00 bits per heavy atom. The standard InChI is InChI=1S/C8H15O3P/c9-12-10-6-8(7-11-12)4-2-1-3-5-8/h9H,1-7H2. The van der Waals surface area contributed by atoms with E-state index in [1.807, 2.05) is 0 Å². The van der Waals surface area contributed by atoms with Crippen LogP contribution in [0.5, 0.6) is 0 Å². The fourth-order valence-electron chi connectivity index (χ4n) is 2.05. The number of hydrogen-bond acceptors (Lipinski definition) is 3. The minimum atomic E-state index is -1.54. The van der Waals surface area contributed by atoms with Crippen LogP contribution in [0.25, 0.3) is 0 Å². The first-order valence-electron chi connectivity index (χ1n) is 4.56. The van der Waals surface area contributed by atoms with Gasteiger partial charge in [-0.05, 0) is 12.8 Å². The summed E-state index contributed by atoms with van der Waals surface area (Å²) in [4.78, 5) is 9.04. The lowest BCUT2D eigenvalue weighted by atomic mass is 9.75. The molecule has 2 aliphatic rings. The molecule has 0 atom stereocenters. The van der Waals surface area contributed by atoms with E-state index in [4.69, 9.17) is 13.9 Å². The van der Waals surface area contributed by atoms with Crippen LogP contribution in [-0.4, -0.2) is 18.1 Å². The zero-order valence-corrected chi connectivity index (χ0v) is 8.06. The monoisotopic (exact) mass is 190 g/mol. The number of hydrogen-bond donors (Lipinski definition) is 1. The van der Waals surface area contributed by atoms with Crippen molar-refractivity contribution in [3.63, 3.8) is 0 Å². The number of rotatable bonds is 0. The third-order valence-electron chi connectivity index (χ3n) is 2.88. The first kappa shape index (κ1) is 8.89. The Kier molecular flexibility index (Phi) is 2.66. The second kappa shape index (κ2) is 3.59. The molecule has 1 saturated carbocycles. The van der Waals surface area contributed by atoms with Crippen LogP contribution in [0.2, 0.25) is 0 Å². The fraction of sp³-hybridized carbons (Fsp3) is 1.00. The molecular weight excluding hydrogens is 175 g/mol. The summed E-state index contributed by atoms with van der Waals surface area (Å²) < 4.78 is 10.3. The summed E-state index contributed by atoms with van der Waals surface area (Å²) in [6, 6.07) is 0. The maximum absolute atomic E-state index is 9.04. The van der Waals surface area contributed by atoms with Crippen molar-refractivity contribution >= 4 is 8.60 Å². The van der Waals surface area contributed by atoms with Crippen LogP contribution in [-0.2, 0) is 9.05 Å². The molecule has 1 aliphatic carbocycles. The van der Waals surface area contributed by atoms with Gasteiger partial charge in [0.25, 0.3) is 0 Å². The van der Waals surface area contributed by atoms with Crippen LogP contribution >= 0.6 is 8.60 Å². The highest BCUT2D eigenvalue weighted by Gasteiger charge is 2.37. The van der Waals surface area contributed by atoms with E-state index in [1.54, 1.807) is 0 Å². The summed E-state index contributed by atoms with van der Waals surface area (Å²) in [6.45, 7) is 1.41. The third kappa shape index (κ3) is 1.80. The molecule has 1 N–H and O–H groups in total. The lowest BCUT2D eigenvalue weighted by Gasteiger charge is -2.40. The topological polar surface area (TPSA) is 38.7 Å². The Morgan fingerprint density at radius 2 is 1.58 bits per heavy atom. The second-order valence-corrected chi connectivity index (χ2v) is 4.84. The van der Waals surface area contributed by atoms with Crippen molar-refractivity contribution in [1.29, 1.82) is 0 Å². The Bertz CT molecular complexity index is 146. The smallest absolute Gasteiger partial charge is 0.328 e. The van der Waals surface area contributed by atoms with E-state index in [9.17, 15) is 0 Å². The molecule has 0 aromatic carbocycles.